The van der Waals surface area contributed by atoms with Crippen LogP contribution in [-0.4, -0.2) is 25.5 Å². The molecule has 28 heavy (non-hydrogen) atoms. The minimum Gasteiger partial charge on any atom is -0.321 e. The number of hydrogen-bond donors (Lipinski definition) is 1. The van der Waals surface area contributed by atoms with Crippen molar-refractivity contribution in [3.63, 3.8) is 0 Å². The van der Waals surface area contributed by atoms with Crippen molar-refractivity contribution in [1.29, 1.82) is 10.5 Å². The van der Waals surface area contributed by atoms with E-state index in [9.17, 15) is 4.79 Å². The van der Waals surface area contributed by atoms with Gasteiger partial charge >= 0.3 is 0 Å². The number of halogens is 1. The third-order valence-electron chi connectivity index (χ3n) is 3.81. The Hall–Kier alpha value is -3.75. The van der Waals surface area contributed by atoms with Crippen molar-refractivity contribution in [2.45, 2.75) is 19.4 Å². The number of Topliss-reactive ketones (excluding diaryl/α,β-unsaturated/α-hetero) is 1. The number of carbonyl (C=O) groups excluding carboxylic acids is 1. The molecule has 0 aliphatic carbocycles. The van der Waals surface area contributed by atoms with Gasteiger partial charge in [-0.1, -0.05) is 35.9 Å². The van der Waals surface area contributed by atoms with Crippen molar-refractivity contribution in [1.82, 2.24) is 19.7 Å². The molecule has 0 aliphatic heterocycles. The molecule has 3 aromatic rings. The minimum absolute atomic E-state index is 0.0846. The lowest BCUT2D eigenvalue weighted by atomic mass is 10.0. The summed E-state index contributed by atoms with van der Waals surface area (Å²) in [5.74, 6) is 0.240. The van der Waals surface area contributed by atoms with Crippen LogP contribution in [-0.2, 0) is 6.54 Å². The lowest BCUT2D eigenvalue weighted by Crippen LogP contribution is -2.00. The number of aromatic nitrogens is 4. The Morgan fingerprint density at radius 1 is 1.18 bits per heavy atom. The quantitative estimate of drug-likeness (QED) is 0.609. The Morgan fingerprint density at radius 3 is 2.68 bits per heavy atom. The zero-order chi connectivity index (χ0) is 19.9. The number of hydrogen-bond acceptors (Lipinski definition) is 7. The average Bonchev–Trinajstić information content (AvgIpc) is 3.15. The van der Waals surface area contributed by atoms with Gasteiger partial charge < -0.3 is 5.32 Å². The van der Waals surface area contributed by atoms with E-state index in [4.69, 9.17) is 22.1 Å². The first-order chi connectivity index (χ1) is 13.6. The number of anilines is 2. The molecule has 0 radical (unpaired) electrons. The molecule has 3 rings (SSSR count). The normalized spacial score (nSPS) is 10.1. The van der Waals surface area contributed by atoms with E-state index in [0.717, 1.165) is 5.56 Å². The van der Waals surface area contributed by atoms with Crippen LogP contribution in [0.5, 0.6) is 0 Å². The van der Waals surface area contributed by atoms with Crippen molar-refractivity contribution >= 4 is 29.0 Å². The molecule has 0 atom stereocenters. The molecular formula is C19H14ClN7O. The molecule has 1 aromatic carbocycles. The Balaban J connectivity index is 1.80. The molecule has 0 spiro atoms. The number of nitriles is 2. The number of nitrogens with one attached hydrogen (secondary N) is 1. The van der Waals surface area contributed by atoms with E-state index >= 15 is 0 Å². The van der Waals surface area contributed by atoms with Crippen LogP contribution in [0.15, 0.2) is 42.9 Å². The van der Waals surface area contributed by atoms with Crippen LogP contribution >= 0.6 is 11.6 Å². The van der Waals surface area contributed by atoms with Crippen LogP contribution in [0.1, 0.15) is 23.2 Å². The first-order valence-electron chi connectivity index (χ1n) is 8.30. The van der Waals surface area contributed by atoms with Gasteiger partial charge in [-0.25, -0.2) is 9.97 Å². The molecule has 0 bridgehead atoms. The fourth-order valence-electron chi connectivity index (χ4n) is 2.47. The van der Waals surface area contributed by atoms with Crippen LogP contribution in [0.25, 0.3) is 11.3 Å². The summed E-state index contributed by atoms with van der Waals surface area (Å²) in [4.78, 5) is 20.6. The van der Waals surface area contributed by atoms with Gasteiger partial charge in [0.15, 0.2) is 5.78 Å². The molecule has 9 heteroatoms. The number of rotatable bonds is 7. The van der Waals surface area contributed by atoms with Gasteiger partial charge in [0.05, 0.1) is 40.9 Å². The molecule has 0 unspecified atom stereocenters. The fourth-order valence-corrected chi connectivity index (χ4v) is 2.67. The van der Waals surface area contributed by atoms with Crippen molar-refractivity contribution in [2.75, 3.05) is 5.32 Å². The Kier molecular flexibility index (Phi) is 5.95. The fraction of sp³-hybridized carbons (Fsp3) is 0.158. The van der Waals surface area contributed by atoms with Crippen LogP contribution in [0.3, 0.4) is 0 Å². The highest BCUT2D eigenvalue weighted by atomic mass is 35.5. The Morgan fingerprint density at radius 2 is 1.96 bits per heavy atom. The Labute approximate surface area is 166 Å². The highest BCUT2D eigenvalue weighted by Crippen LogP contribution is 2.27. The topological polar surface area (TPSA) is 120 Å². The van der Waals surface area contributed by atoms with Gasteiger partial charge in [-0.2, -0.15) is 15.6 Å². The zero-order valence-electron chi connectivity index (χ0n) is 14.6. The smallest absolute Gasteiger partial charge is 0.227 e. The summed E-state index contributed by atoms with van der Waals surface area (Å²) in [6.07, 6.45) is 5.10. The average molecular weight is 392 g/mol. The van der Waals surface area contributed by atoms with Crippen LogP contribution < -0.4 is 5.32 Å². The van der Waals surface area contributed by atoms with Gasteiger partial charge in [0.25, 0.3) is 0 Å². The summed E-state index contributed by atoms with van der Waals surface area (Å²) in [7, 11) is 0. The minimum atomic E-state index is -0.0846. The van der Waals surface area contributed by atoms with Gasteiger partial charge in [-0.3, -0.25) is 9.48 Å². The monoisotopic (exact) mass is 391 g/mol. The molecule has 0 amide bonds. The van der Waals surface area contributed by atoms with Gasteiger partial charge in [-0.15, -0.1) is 0 Å². The molecule has 1 N–H and O–H groups in total. The van der Waals surface area contributed by atoms with Crippen molar-refractivity contribution in [3.05, 3.63) is 53.4 Å². The van der Waals surface area contributed by atoms with Crippen LogP contribution in [0.2, 0.25) is 5.02 Å². The maximum absolute atomic E-state index is 12.0. The van der Waals surface area contributed by atoms with E-state index in [0.29, 0.717) is 27.9 Å². The largest absolute Gasteiger partial charge is 0.321 e. The van der Waals surface area contributed by atoms with Crippen molar-refractivity contribution in [3.8, 4) is 23.4 Å². The number of benzene rings is 1. The molecule has 2 aromatic heterocycles. The highest BCUT2D eigenvalue weighted by molar-refractivity contribution is 6.32. The molecule has 138 valence electrons. The predicted octanol–water partition coefficient (Wildman–Crippen LogP) is 3.75. The van der Waals surface area contributed by atoms with Crippen molar-refractivity contribution in [2.24, 2.45) is 0 Å². The number of nitrogens with zero attached hydrogens (tertiary/aromatic N) is 6. The second-order valence-electron chi connectivity index (χ2n) is 5.76. The Bertz CT molecular complexity index is 1080. The molecule has 0 aliphatic rings. The van der Waals surface area contributed by atoms with Crippen LogP contribution in [0.4, 0.5) is 11.6 Å². The molecular weight excluding hydrogens is 378 g/mol. The standard InChI is InChI=1S/C19H14ClN7O/c20-16-11-23-19(25-15-10-24-27(12-15)9-8-22)26-18(16)14-5-3-13(4-6-14)17(28)2-1-7-21/h3-6,10-12H,1-2,9H2,(H,23,25,26). The SMILES string of the molecule is N#CCCC(=O)c1ccc(-c2nc(Nc3cnn(CC#N)c3)ncc2Cl)cc1. The summed E-state index contributed by atoms with van der Waals surface area (Å²) in [6.45, 7) is 0.147. The first kappa shape index (κ1) is 19.0. The summed E-state index contributed by atoms with van der Waals surface area (Å²) < 4.78 is 1.49. The van der Waals surface area contributed by atoms with E-state index in [1.54, 1.807) is 36.7 Å². The second-order valence-corrected chi connectivity index (χ2v) is 6.17. The number of ketones is 1. The zero-order valence-corrected chi connectivity index (χ0v) is 15.4. The van der Waals surface area contributed by atoms with Gasteiger partial charge in [-0.05, 0) is 0 Å². The first-order valence-corrected chi connectivity index (χ1v) is 8.68. The third kappa shape index (κ3) is 4.50. The van der Waals surface area contributed by atoms with E-state index in [1.807, 2.05) is 12.1 Å². The van der Waals surface area contributed by atoms with E-state index in [-0.39, 0.29) is 25.2 Å². The van der Waals surface area contributed by atoms with Gasteiger partial charge in [0.2, 0.25) is 5.95 Å². The predicted molar refractivity (Wildman–Crippen MR) is 103 cm³/mol. The lowest BCUT2D eigenvalue weighted by molar-refractivity contribution is 0.0984. The van der Waals surface area contributed by atoms with Crippen molar-refractivity contribution < 1.29 is 4.79 Å². The van der Waals surface area contributed by atoms with E-state index < -0.39 is 0 Å². The lowest BCUT2D eigenvalue weighted by Gasteiger charge is -2.08. The molecule has 2 heterocycles. The molecule has 0 saturated heterocycles. The van der Waals surface area contributed by atoms with E-state index in [2.05, 4.69) is 20.4 Å². The maximum Gasteiger partial charge on any atom is 0.227 e. The van der Waals surface area contributed by atoms with Gasteiger partial charge in [0, 0.05) is 30.2 Å². The summed E-state index contributed by atoms with van der Waals surface area (Å²) in [6, 6.07) is 10.8. The van der Waals surface area contributed by atoms with E-state index in [1.165, 1.54) is 10.9 Å². The highest BCUT2D eigenvalue weighted by Gasteiger charge is 2.11. The molecule has 8 nitrogen and oxygen atoms in total. The second kappa shape index (κ2) is 8.76. The van der Waals surface area contributed by atoms with Crippen LogP contribution in [0, 0.1) is 22.7 Å². The summed E-state index contributed by atoms with van der Waals surface area (Å²) in [5, 5.41) is 24.7. The molecule has 0 saturated carbocycles. The maximum atomic E-state index is 12.0. The number of carbonyl (C=O) groups is 1. The summed E-state index contributed by atoms with van der Waals surface area (Å²) >= 11 is 6.24. The summed E-state index contributed by atoms with van der Waals surface area (Å²) in [5.41, 5.74) is 2.42. The third-order valence-corrected chi connectivity index (χ3v) is 4.09. The molecule has 0 fully saturated rings. The van der Waals surface area contributed by atoms with Gasteiger partial charge in [0.1, 0.15) is 6.54 Å².